The number of hydrogen-bond donors (Lipinski definition) is 3. The van der Waals surface area contributed by atoms with Gasteiger partial charge in [-0.25, -0.2) is 4.39 Å². The van der Waals surface area contributed by atoms with Crippen molar-refractivity contribution in [1.29, 1.82) is 0 Å². The lowest BCUT2D eigenvalue weighted by atomic mass is 10.2. The molecule has 0 atom stereocenters. The molecule has 1 saturated heterocycles. The van der Waals surface area contributed by atoms with Gasteiger partial charge in [0.25, 0.3) is 5.91 Å². The maximum atomic E-state index is 13.2. The summed E-state index contributed by atoms with van der Waals surface area (Å²) in [5.74, 6) is 0.514. The standard InChI is InChI=1S/C21H26FN3O2/c1-17-4-2-7-20(14-17)27-13-12-24-8-10-25(11-9-24)16-21(26)23-19-6-3-5-18(22)15-19/h2-7,14-15H,8-13,16H2,1H3,(H,23,26)/p+2. The molecule has 1 heterocycles. The fourth-order valence-electron chi connectivity index (χ4n) is 3.40. The van der Waals surface area contributed by atoms with Crippen molar-refractivity contribution in [2.75, 3.05) is 51.2 Å². The molecule has 2 aromatic rings. The van der Waals surface area contributed by atoms with Crippen LogP contribution in [0.15, 0.2) is 48.5 Å². The quantitative estimate of drug-likeness (QED) is 0.637. The Labute approximate surface area is 159 Å². The predicted molar refractivity (Wildman–Crippen MR) is 103 cm³/mol. The lowest BCUT2D eigenvalue weighted by Gasteiger charge is -2.29. The summed E-state index contributed by atoms with van der Waals surface area (Å²) in [6, 6.07) is 14.1. The van der Waals surface area contributed by atoms with Crippen molar-refractivity contribution < 1.29 is 23.7 Å². The Bertz CT molecular complexity index is 761. The molecule has 5 nitrogen and oxygen atoms in total. The number of amides is 1. The molecule has 0 unspecified atom stereocenters. The number of benzene rings is 2. The smallest absolute Gasteiger partial charge is 0.279 e. The molecule has 3 rings (SSSR count). The van der Waals surface area contributed by atoms with E-state index in [2.05, 4.69) is 24.4 Å². The Kier molecular flexibility index (Phi) is 6.79. The summed E-state index contributed by atoms with van der Waals surface area (Å²) in [6.07, 6.45) is 0. The molecule has 0 spiro atoms. The second-order valence-electron chi connectivity index (χ2n) is 7.15. The van der Waals surface area contributed by atoms with Crippen LogP contribution in [-0.2, 0) is 4.79 Å². The van der Waals surface area contributed by atoms with E-state index in [1.807, 2.05) is 12.1 Å². The van der Waals surface area contributed by atoms with Crippen LogP contribution in [0.3, 0.4) is 0 Å². The maximum absolute atomic E-state index is 13.2. The Hall–Kier alpha value is -2.44. The number of nitrogens with one attached hydrogen (secondary N) is 3. The molecule has 0 bridgehead atoms. The zero-order chi connectivity index (χ0) is 19.1. The van der Waals surface area contributed by atoms with Gasteiger partial charge in [0.15, 0.2) is 6.54 Å². The van der Waals surface area contributed by atoms with Crippen LogP contribution in [-0.4, -0.2) is 51.8 Å². The summed E-state index contributed by atoms with van der Waals surface area (Å²) in [5.41, 5.74) is 1.71. The summed E-state index contributed by atoms with van der Waals surface area (Å²) in [6.45, 7) is 8.12. The van der Waals surface area contributed by atoms with E-state index in [1.54, 1.807) is 12.1 Å². The van der Waals surface area contributed by atoms with Gasteiger partial charge in [-0.15, -0.1) is 0 Å². The minimum Gasteiger partial charge on any atom is -0.488 e. The number of quaternary nitrogens is 2. The first-order valence-electron chi connectivity index (χ1n) is 9.50. The minimum atomic E-state index is -0.342. The third kappa shape index (κ3) is 6.34. The SMILES string of the molecule is Cc1cccc(OCC[NH+]2CC[NH+](CC(=O)Nc3cccc(F)c3)CC2)c1. The highest BCUT2D eigenvalue weighted by Crippen LogP contribution is 2.11. The van der Waals surface area contributed by atoms with E-state index >= 15 is 0 Å². The van der Waals surface area contributed by atoms with Gasteiger partial charge in [-0.05, 0) is 42.8 Å². The van der Waals surface area contributed by atoms with Gasteiger partial charge in [0.1, 0.15) is 50.9 Å². The van der Waals surface area contributed by atoms with E-state index in [0.29, 0.717) is 18.8 Å². The van der Waals surface area contributed by atoms with Crippen molar-refractivity contribution in [1.82, 2.24) is 0 Å². The molecule has 0 aromatic heterocycles. The second kappa shape index (κ2) is 9.48. The number of aryl methyl sites for hydroxylation is 1. The Morgan fingerprint density at radius 3 is 2.56 bits per heavy atom. The zero-order valence-electron chi connectivity index (χ0n) is 15.8. The van der Waals surface area contributed by atoms with E-state index < -0.39 is 0 Å². The molecular formula is C21H28FN3O2+2. The van der Waals surface area contributed by atoms with Crippen molar-refractivity contribution >= 4 is 11.6 Å². The molecule has 0 saturated carbocycles. The van der Waals surface area contributed by atoms with Gasteiger partial charge in [0.2, 0.25) is 0 Å². The summed E-state index contributed by atoms with van der Waals surface area (Å²) in [4.78, 5) is 14.9. The number of anilines is 1. The van der Waals surface area contributed by atoms with Crippen LogP contribution >= 0.6 is 0 Å². The summed E-state index contributed by atoms with van der Waals surface area (Å²) < 4.78 is 19.0. The van der Waals surface area contributed by atoms with Crippen molar-refractivity contribution in [3.8, 4) is 5.75 Å². The van der Waals surface area contributed by atoms with Crippen molar-refractivity contribution in [2.45, 2.75) is 6.92 Å². The second-order valence-corrected chi connectivity index (χ2v) is 7.15. The average Bonchev–Trinajstić information content (AvgIpc) is 2.63. The first-order chi connectivity index (χ1) is 13.1. The largest absolute Gasteiger partial charge is 0.488 e. The lowest BCUT2D eigenvalue weighted by Crippen LogP contribution is -3.28. The van der Waals surface area contributed by atoms with Gasteiger partial charge in [-0.3, -0.25) is 4.79 Å². The normalized spacial score (nSPS) is 19.5. The molecule has 0 radical (unpaired) electrons. The first-order valence-corrected chi connectivity index (χ1v) is 9.50. The number of ether oxygens (including phenoxy) is 1. The molecule has 1 aliphatic rings. The van der Waals surface area contributed by atoms with Crippen molar-refractivity contribution in [2.24, 2.45) is 0 Å². The van der Waals surface area contributed by atoms with E-state index in [1.165, 1.54) is 27.5 Å². The van der Waals surface area contributed by atoms with Crippen LogP contribution in [0.4, 0.5) is 10.1 Å². The van der Waals surface area contributed by atoms with Gasteiger partial charge in [-0.2, -0.15) is 0 Å². The molecule has 144 valence electrons. The van der Waals surface area contributed by atoms with Gasteiger partial charge in [0.05, 0.1) is 0 Å². The Morgan fingerprint density at radius 2 is 1.81 bits per heavy atom. The van der Waals surface area contributed by atoms with Crippen LogP contribution in [0.5, 0.6) is 5.75 Å². The molecule has 6 heteroatoms. The van der Waals surface area contributed by atoms with Crippen LogP contribution < -0.4 is 19.9 Å². The van der Waals surface area contributed by atoms with Gasteiger partial charge >= 0.3 is 0 Å². The molecule has 1 amide bonds. The summed E-state index contributed by atoms with van der Waals surface area (Å²) >= 11 is 0. The van der Waals surface area contributed by atoms with E-state index in [4.69, 9.17) is 4.74 Å². The van der Waals surface area contributed by atoms with E-state index in [9.17, 15) is 9.18 Å². The topological polar surface area (TPSA) is 47.2 Å². The van der Waals surface area contributed by atoms with Crippen molar-refractivity contribution in [3.05, 3.63) is 59.9 Å². The van der Waals surface area contributed by atoms with Crippen LogP contribution in [0.2, 0.25) is 0 Å². The van der Waals surface area contributed by atoms with Gasteiger partial charge in [0, 0.05) is 5.69 Å². The number of hydrogen-bond acceptors (Lipinski definition) is 2. The third-order valence-electron chi connectivity index (χ3n) is 4.90. The van der Waals surface area contributed by atoms with Crippen LogP contribution in [0.25, 0.3) is 0 Å². The number of piperazine rings is 1. The predicted octanol–water partition coefficient (Wildman–Crippen LogP) is -0.0650. The highest BCUT2D eigenvalue weighted by Gasteiger charge is 2.24. The Morgan fingerprint density at radius 1 is 1.07 bits per heavy atom. The minimum absolute atomic E-state index is 0.0677. The molecular weight excluding hydrogens is 345 g/mol. The average molecular weight is 373 g/mol. The fourth-order valence-corrected chi connectivity index (χ4v) is 3.40. The highest BCUT2D eigenvalue weighted by atomic mass is 19.1. The molecule has 1 aliphatic heterocycles. The number of carbonyl (C=O) groups excluding carboxylic acids is 1. The van der Waals surface area contributed by atoms with Crippen LogP contribution in [0.1, 0.15) is 5.56 Å². The third-order valence-corrected chi connectivity index (χ3v) is 4.90. The Balaban J connectivity index is 1.34. The molecule has 3 N–H and O–H groups in total. The number of rotatable bonds is 7. The number of carbonyl (C=O) groups is 1. The zero-order valence-corrected chi connectivity index (χ0v) is 15.8. The summed E-state index contributed by atoms with van der Waals surface area (Å²) in [5, 5.41) is 2.77. The molecule has 2 aromatic carbocycles. The van der Waals surface area contributed by atoms with E-state index in [0.717, 1.165) is 38.5 Å². The first kappa shape index (κ1) is 19.3. The highest BCUT2D eigenvalue weighted by molar-refractivity contribution is 5.91. The monoisotopic (exact) mass is 373 g/mol. The van der Waals surface area contributed by atoms with E-state index in [-0.39, 0.29) is 11.7 Å². The fraction of sp³-hybridized carbons (Fsp3) is 0.381. The summed E-state index contributed by atoms with van der Waals surface area (Å²) in [7, 11) is 0. The van der Waals surface area contributed by atoms with Gasteiger partial charge in [-0.1, -0.05) is 18.2 Å². The lowest BCUT2D eigenvalue weighted by molar-refractivity contribution is -1.01. The molecule has 27 heavy (non-hydrogen) atoms. The van der Waals surface area contributed by atoms with Crippen molar-refractivity contribution in [3.63, 3.8) is 0 Å². The van der Waals surface area contributed by atoms with Gasteiger partial charge < -0.3 is 19.9 Å². The molecule has 1 fully saturated rings. The number of halogens is 1. The van der Waals surface area contributed by atoms with Crippen LogP contribution in [0, 0.1) is 12.7 Å². The maximum Gasteiger partial charge on any atom is 0.279 e. The molecule has 0 aliphatic carbocycles.